The lowest BCUT2D eigenvalue weighted by molar-refractivity contribution is -0.111. The maximum atomic E-state index is 10.7. The van der Waals surface area contributed by atoms with Crippen LogP contribution in [0.25, 0.3) is 0 Å². The van der Waals surface area contributed by atoms with E-state index in [-0.39, 0.29) is 12.3 Å². The summed E-state index contributed by atoms with van der Waals surface area (Å²) in [7, 11) is -2.83. The predicted molar refractivity (Wildman–Crippen MR) is 35.1 cm³/mol. The van der Waals surface area contributed by atoms with Gasteiger partial charge in [0.15, 0.2) is 5.71 Å². The molecule has 0 saturated heterocycles. The summed E-state index contributed by atoms with van der Waals surface area (Å²) in [4.78, 5) is 24.0. The topological polar surface area (TPSA) is 102 Å². The van der Waals surface area contributed by atoms with Crippen molar-refractivity contribution in [2.75, 3.05) is 6.61 Å². The third-order valence-corrected chi connectivity index (χ3v) is 1.28. The number of hydrogen-bond acceptors (Lipinski definition) is 5. The monoisotopic (exact) mass is 190 g/mol. The van der Waals surface area contributed by atoms with Crippen molar-refractivity contribution < 1.29 is 22.7 Å². The van der Waals surface area contributed by atoms with Crippen LogP contribution in [-0.2, 0) is 20.0 Å². The number of ether oxygens (including phenoxy) is 1. The van der Waals surface area contributed by atoms with Crippen molar-refractivity contribution in [2.45, 2.75) is 0 Å². The van der Waals surface area contributed by atoms with Crippen LogP contribution in [0.1, 0.15) is 0 Å². The van der Waals surface area contributed by atoms with E-state index in [1.54, 1.807) is 0 Å². The van der Waals surface area contributed by atoms with E-state index < -0.39 is 22.5 Å². The second-order valence-corrected chi connectivity index (χ2v) is 2.34. The first kappa shape index (κ1) is 8.53. The van der Waals surface area contributed by atoms with Crippen LogP contribution >= 0.6 is 0 Å². The minimum Gasteiger partial charge on any atom is -0.441 e. The van der Waals surface area contributed by atoms with Crippen molar-refractivity contribution in [3.05, 3.63) is 0 Å². The zero-order valence-corrected chi connectivity index (χ0v) is 6.37. The molecular weight excluding hydrogens is 188 g/mol. The summed E-state index contributed by atoms with van der Waals surface area (Å²) in [5, 5.41) is 0. The normalized spacial score (nSPS) is 15.0. The zero-order valence-electron chi connectivity index (χ0n) is 5.55. The largest absolute Gasteiger partial charge is 0.441 e. The molecule has 1 aliphatic heterocycles. The molecule has 0 atom stereocenters. The molecule has 12 heavy (non-hydrogen) atoms. The molecule has 0 N–H and O–H groups in total. The average Bonchev–Trinajstić information content (AvgIpc) is 2.34. The summed E-state index contributed by atoms with van der Waals surface area (Å²) in [5.74, 6) is -1.07. The fraction of sp³-hybridized carbons (Fsp3) is 0.250. The first-order chi connectivity index (χ1) is 5.59. The van der Waals surface area contributed by atoms with Gasteiger partial charge in [-0.25, -0.2) is 4.79 Å². The van der Waals surface area contributed by atoms with E-state index in [2.05, 4.69) is 14.1 Å². The lowest BCUT2D eigenvalue weighted by atomic mass is 10.4. The fourth-order valence-corrected chi connectivity index (χ4v) is 0.776. The van der Waals surface area contributed by atoms with Crippen molar-refractivity contribution in [3.8, 4) is 0 Å². The molecule has 7 nitrogen and oxygen atoms in total. The minimum atomic E-state index is -2.83. The molecule has 0 radical (unpaired) electrons. The Labute approximate surface area is 67.8 Å². The SMILES string of the molecule is O=C1N=C(C(=O)N=S(=O)=O)CO1. The highest BCUT2D eigenvalue weighted by atomic mass is 32.2. The van der Waals surface area contributed by atoms with Crippen LogP contribution in [0.5, 0.6) is 0 Å². The number of amides is 2. The van der Waals surface area contributed by atoms with Crippen LogP contribution in [0.4, 0.5) is 4.79 Å². The van der Waals surface area contributed by atoms with Crippen LogP contribution in [0.2, 0.25) is 0 Å². The van der Waals surface area contributed by atoms with Gasteiger partial charge in [-0.2, -0.15) is 13.4 Å². The highest BCUT2D eigenvalue weighted by Gasteiger charge is 2.21. The van der Waals surface area contributed by atoms with Crippen molar-refractivity contribution in [2.24, 2.45) is 9.36 Å². The minimum absolute atomic E-state index is 0.302. The molecule has 0 aliphatic carbocycles. The van der Waals surface area contributed by atoms with Crippen molar-refractivity contribution in [3.63, 3.8) is 0 Å². The number of rotatable bonds is 1. The lowest BCUT2D eigenvalue weighted by Crippen LogP contribution is -2.12. The van der Waals surface area contributed by atoms with Crippen LogP contribution in [0.3, 0.4) is 0 Å². The second kappa shape index (κ2) is 3.22. The van der Waals surface area contributed by atoms with Gasteiger partial charge in [0.05, 0.1) is 0 Å². The summed E-state index contributed by atoms with van der Waals surface area (Å²) in [5.41, 5.74) is -0.302. The van der Waals surface area contributed by atoms with Gasteiger partial charge in [0.25, 0.3) is 0 Å². The Kier molecular flexibility index (Phi) is 2.29. The molecule has 0 unspecified atom stereocenters. The van der Waals surface area contributed by atoms with Crippen molar-refractivity contribution >= 4 is 28.2 Å². The fourth-order valence-electron chi connectivity index (χ4n) is 0.535. The second-order valence-electron chi connectivity index (χ2n) is 1.73. The molecule has 0 spiro atoms. The van der Waals surface area contributed by atoms with Gasteiger partial charge in [-0.15, -0.1) is 0 Å². The van der Waals surface area contributed by atoms with E-state index >= 15 is 0 Å². The summed E-state index contributed by atoms with van der Waals surface area (Å²) >= 11 is 0. The van der Waals surface area contributed by atoms with E-state index in [1.165, 1.54) is 0 Å². The van der Waals surface area contributed by atoms with Gasteiger partial charge in [-0.3, -0.25) is 4.79 Å². The summed E-state index contributed by atoms with van der Waals surface area (Å²) in [6, 6.07) is 0. The summed E-state index contributed by atoms with van der Waals surface area (Å²) in [6.07, 6.45) is -0.912. The number of carbonyl (C=O) groups is 2. The van der Waals surface area contributed by atoms with Crippen LogP contribution in [0.15, 0.2) is 9.36 Å². The van der Waals surface area contributed by atoms with Crippen LogP contribution < -0.4 is 0 Å². The van der Waals surface area contributed by atoms with Crippen LogP contribution in [0, 0.1) is 0 Å². The zero-order chi connectivity index (χ0) is 9.14. The molecule has 0 bridgehead atoms. The molecule has 0 aromatic rings. The van der Waals surface area contributed by atoms with Gasteiger partial charge in [-0.05, 0) is 0 Å². The highest BCUT2D eigenvalue weighted by molar-refractivity contribution is 7.62. The van der Waals surface area contributed by atoms with E-state index in [4.69, 9.17) is 0 Å². The number of carbonyl (C=O) groups excluding carboxylic acids is 2. The molecule has 0 fully saturated rings. The smallest absolute Gasteiger partial charge is 0.434 e. The Bertz CT molecular complexity index is 384. The van der Waals surface area contributed by atoms with Crippen LogP contribution in [-0.4, -0.2) is 32.7 Å². The molecule has 0 aromatic heterocycles. The Hall–Kier alpha value is -1.57. The maximum Gasteiger partial charge on any atom is 0.434 e. The van der Waals surface area contributed by atoms with Gasteiger partial charge in [0, 0.05) is 0 Å². The molecule has 0 aromatic carbocycles. The standard InChI is InChI=1S/C4H2N2O5S/c7-3(6-12(9)10)2-1-11-4(8)5-2/h1H2. The highest BCUT2D eigenvalue weighted by Crippen LogP contribution is 1.98. The van der Waals surface area contributed by atoms with Crippen molar-refractivity contribution in [1.29, 1.82) is 0 Å². The molecule has 1 heterocycles. The number of hydrogen-bond donors (Lipinski definition) is 0. The molecule has 1 aliphatic rings. The number of cyclic esters (lactones) is 1. The molecule has 8 heteroatoms. The quantitative estimate of drug-likeness (QED) is 0.536. The van der Waals surface area contributed by atoms with E-state index in [1.807, 2.05) is 0 Å². The Morgan fingerprint density at radius 3 is 2.67 bits per heavy atom. The van der Waals surface area contributed by atoms with Gasteiger partial charge in [0.2, 0.25) is 0 Å². The molecule has 1 rings (SSSR count). The van der Waals surface area contributed by atoms with E-state index in [0.717, 1.165) is 0 Å². The third-order valence-electron chi connectivity index (χ3n) is 0.963. The molecule has 0 saturated carbocycles. The Morgan fingerprint density at radius 1 is 1.58 bits per heavy atom. The van der Waals surface area contributed by atoms with Gasteiger partial charge in [-0.1, -0.05) is 4.36 Å². The van der Waals surface area contributed by atoms with Crippen molar-refractivity contribution in [1.82, 2.24) is 0 Å². The summed E-state index contributed by atoms with van der Waals surface area (Å²) in [6.45, 7) is -0.321. The first-order valence-electron chi connectivity index (χ1n) is 2.69. The summed E-state index contributed by atoms with van der Waals surface area (Å²) < 4.78 is 26.6. The maximum absolute atomic E-state index is 10.7. The number of nitrogens with zero attached hydrogens (tertiary/aromatic N) is 2. The van der Waals surface area contributed by atoms with E-state index in [0.29, 0.717) is 0 Å². The van der Waals surface area contributed by atoms with Gasteiger partial charge in [0.1, 0.15) is 6.61 Å². The van der Waals surface area contributed by atoms with Gasteiger partial charge >= 0.3 is 22.5 Å². The lowest BCUT2D eigenvalue weighted by Gasteiger charge is -1.85. The Morgan fingerprint density at radius 2 is 2.25 bits per heavy atom. The average molecular weight is 190 g/mol. The Balaban J connectivity index is 2.87. The van der Waals surface area contributed by atoms with E-state index in [9.17, 15) is 18.0 Å². The molecule has 2 amide bonds. The third kappa shape index (κ3) is 1.95. The predicted octanol–water partition coefficient (Wildman–Crippen LogP) is -0.833. The molecular formula is C4H2N2O5S. The van der Waals surface area contributed by atoms with Gasteiger partial charge < -0.3 is 4.74 Å². The molecule has 64 valence electrons. The first-order valence-corrected chi connectivity index (χ1v) is 3.72. The number of aliphatic imine (C=N–C) groups is 1.